The molecule has 0 radical (unpaired) electrons. The zero-order valence-electron chi connectivity index (χ0n) is 33.0. The van der Waals surface area contributed by atoms with Crippen molar-refractivity contribution in [1.82, 2.24) is 10.6 Å². The Morgan fingerprint density at radius 1 is 0.459 bits per heavy atom. The van der Waals surface area contributed by atoms with Crippen LogP contribution in [0.5, 0.6) is 0 Å². The van der Waals surface area contributed by atoms with Crippen molar-refractivity contribution in [3.8, 4) is 0 Å². The molecule has 2 amide bonds. The van der Waals surface area contributed by atoms with Crippen LogP contribution in [0.25, 0.3) is 0 Å². The molecule has 16 N–H and O–H groups in total. The van der Waals surface area contributed by atoms with Crippen LogP contribution < -0.4 is 10.6 Å². The van der Waals surface area contributed by atoms with Crippen LogP contribution in [0.3, 0.4) is 0 Å². The lowest BCUT2D eigenvalue weighted by atomic mass is 9.94. The molecular formula is C34H58N2O25. The summed E-state index contributed by atoms with van der Waals surface area (Å²) in [6.07, 6.45) is -41.7. The maximum absolute atomic E-state index is 12.4. The number of nitrogens with one attached hydrogen (secondary N) is 2. The summed E-state index contributed by atoms with van der Waals surface area (Å²) in [6, 6.07) is -3.12. The lowest BCUT2D eigenvalue weighted by molar-refractivity contribution is -0.401. The summed E-state index contributed by atoms with van der Waals surface area (Å²) in [5.41, 5.74) is 0. The van der Waals surface area contributed by atoms with Gasteiger partial charge in [-0.15, -0.1) is 0 Å². The maximum atomic E-state index is 12.4. The van der Waals surface area contributed by atoms with Gasteiger partial charge < -0.3 is 125 Å². The standard InChI is InChI=1S/C34H58N2O25/c1-8-17(42)23(48)25(50)32(54-8)61-29-28(60-33-26(51)24(49)19(44)12(5-38)57-33)20(45)13(6-39)58-34(29)59-27-16(36-10(3)41)30(52)55-14(21(27)46)7-53-31-15(35-9(2)40)22(47)18(43)11(4-37)56-31/h8,11-34,37-39,42-52H,4-7H2,1-3H3,(H,35,40)(H,36,41)/t8-,11+,12+,13+,14+,15+,16+,17+,18+,19-,20-,21-,22+,23+,24-,25-,26+,27+,28-,29+,30-,31+,32-,33-,34-/m0/s1. The average molecular weight is 895 g/mol. The summed E-state index contributed by atoms with van der Waals surface area (Å²) in [5, 5.41) is 153. The summed E-state index contributed by atoms with van der Waals surface area (Å²) < 4.78 is 51.8. The van der Waals surface area contributed by atoms with Crippen LogP contribution in [0.15, 0.2) is 0 Å². The molecule has 0 aromatic heterocycles. The number of amides is 2. The van der Waals surface area contributed by atoms with Crippen LogP contribution >= 0.6 is 0 Å². The molecule has 5 aliphatic rings. The normalized spacial score (nSPS) is 49.6. The van der Waals surface area contributed by atoms with Gasteiger partial charge in [0.2, 0.25) is 11.8 Å². The molecule has 5 saturated heterocycles. The summed E-state index contributed by atoms with van der Waals surface area (Å²) in [5.74, 6) is -1.47. The van der Waals surface area contributed by atoms with Crippen molar-refractivity contribution in [2.75, 3.05) is 26.4 Å². The third kappa shape index (κ3) is 10.9. The first-order chi connectivity index (χ1) is 28.7. The Balaban J connectivity index is 1.48. The molecule has 27 nitrogen and oxygen atoms in total. The summed E-state index contributed by atoms with van der Waals surface area (Å²) in [6.45, 7) is 0.0137. The zero-order valence-corrected chi connectivity index (χ0v) is 33.0. The Bertz CT molecular complexity index is 1420. The minimum Gasteiger partial charge on any atom is -0.394 e. The first-order valence-electron chi connectivity index (χ1n) is 19.4. The summed E-state index contributed by atoms with van der Waals surface area (Å²) in [7, 11) is 0. The first kappa shape index (κ1) is 50.0. The number of hydrogen-bond acceptors (Lipinski definition) is 25. The van der Waals surface area contributed by atoms with Crippen molar-refractivity contribution in [3.63, 3.8) is 0 Å². The number of aliphatic hydroxyl groups is 14. The number of rotatable bonds is 14. The van der Waals surface area contributed by atoms with Crippen LogP contribution in [0, 0.1) is 0 Å². The SMILES string of the molecule is CC(=O)N[C@@H]1[C@@H](O[C@@H]2O[C@H](CO)[C@H](O)[C@H](O[C@@H]3O[C@H](CO)[C@H](O)[C@H](O)[C@H]3O)[C@H]2O[C@@H]2O[C@@H](C)[C@@H](O)[C@@H](O)[C@@H]2O)[C@@H](O)[C@@H](CO[C@@H]2O[C@H](CO)[C@@H](O)[C@H](O)[C@H]2NC(C)=O)O[C@@H]1O. The lowest BCUT2D eigenvalue weighted by Gasteiger charge is -2.51. The van der Waals surface area contributed by atoms with E-state index in [2.05, 4.69) is 10.6 Å². The molecule has 0 bridgehead atoms. The van der Waals surface area contributed by atoms with E-state index in [9.17, 15) is 81.1 Å². The highest BCUT2D eigenvalue weighted by Crippen LogP contribution is 2.36. The molecule has 0 aromatic rings. The molecule has 25 atom stereocenters. The van der Waals surface area contributed by atoms with E-state index in [0.29, 0.717) is 0 Å². The van der Waals surface area contributed by atoms with E-state index in [0.717, 1.165) is 13.8 Å². The fourth-order valence-electron chi connectivity index (χ4n) is 7.65. The van der Waals surface area contributed by atoms with Crippen LogP contribution in [0.2, 0.25) is 0 Å². The molecule has 0 aromatic carbocycles. The Hall–Kier alpha value is -1.98. The van der Waals surface area contributed by atoms with E-state index < -0.39 is 192 Å². The van der Waals surface area contributed by atoms with E-state index >= 15 is 0 Å². The Morgan fingerprint density at radius 3 is 1.48 bits per heavy atom. The van der Waals surface area contributed by atoms with Gasteiger partial charge in [-0.05, 0) is 6.92 Å². The van der Waals surface area contributed by atoms with E-state index in [1.54, 1.807) is 0 Å². The summed E-state index contributed by atoms with van der Waals surface area (Å²) >= 11 is 0. The van der Waals surface area contributed by atoms with Crippen LogP contribution in [0.1, 0.15) is 20.8 Å². The molecule has 354 valence electrons. The molecule has 0 saturated carbocycles. The second-order valence-corrected chi connectivity index (χ2v) is 15.4. The van der Waals surface area contributed by atoms with Gasteiger partial charge in [-0.2, -0.15) is 0 Å². The van der Waals surface area contributed by atoms with Crippen molar-refractivity contribution in [2.45, 2.75) is 174 Å². The smallest absolute Gasteiger partial charge is 0.217 e. The van der Waals surface area contributed by atoms with Gasteiger partial charge in [0.05, 0.1) is 32.5 Å². The highest BCUT2D eigenvalue weighted by atomic mass is 16.8. The van der Waals surface area contributed by atoms with Crippen molar-refractivity contribution >= 4 is 11.8 Å². The van der Waals surface area contributed by atoms with E-state index in [1.165, 1.54) is 6.92 Å². The van der Waals surface area contributed by atoms with Gasteiger partial charge in [0, 0.05) is 13.8 Å². The second kappa shape index (κ2) is 21.3. The summed E-state index contributed by atoms with van der Waals surface area (Å²) in [4.78, 5) is 24.3. The van der Waals surface area contributed by atoms with Crippen molar-refractivity contribution in [3.05, 3.63) is 0 Å². The molecule has 0 spiro atoms. The first-order valence-corrected chi connectivity index (χ1v) is 19.4. The van der Waals surface area contributed by atoms with Gasteiger partial charge in [-0.3, -0.25) is 9.59 Å². The minimum absolute atomic E-state index is 0.678. The highest BCUT2D eigenvalue weighted by molar-refractivity contribution is 5.73. The molecule has 5 rings (SSSR count). The van der Waals surface area contributed by atoms with Gasteiger partial charge in [0.1, 0.15) is 116 Å². The van der Waals surface area contributed by atoms with Gasteiger partial charge in [0.25, 0.3) is 0 Å². The Labute approximate surface area is 346 Å². The molecule has 27 heteroatoms. The van der Waals surface area contributed by atoms with Crippen LogP contribution in [0.4, 0.5) is 0 Å². The Morgan fingerprint density at radius 2 is 0.902 bits per heavy atom. The molecule has 5 heterocycles. The number of carbonyl (C=O) groups excluding carboxylic acids is 2. The van der Waals surface area contributed by atoms with Crippen LogP contribution in [-0.4, -0.2) is 263 Å². The molecule has 5 fully saturated rings. The largest absolute Gasteiger partial charge is 0.394 e. The quantitative estimate of drug-likeness (QED) is 0.0770. The van der Waals surface area contributed by atoms with Crippen molar-refractivity contribution < 1.29 is 124 Å². The topological polar surface area (TPSA) is 424 Å². The number of hydrogen-bond donors (Lipinski definition) is 16. The highest BCUT2D eigenvalue weighted by Gasteiger charge is 2.57. The minimum atomic E-state index is -2.07. The third-order valence-electron chi connectivity index (χ3n) is 11.1. The predicted molar refractivity (Wildman–Crippen MR) is 188 cm³/mol. The predicted octanol–water partition coefficient (Wildman–Crippen LogP) is -10.6. The molecule has 0 unspecified atom stereocenters. The van der Waals surface area contributed by atoms with E-state index in [4.69, 9.17) is 42.6 Å². The number of carbonyl (C=O) groups is 2. The van der Waals surface area contributed by atoms with E-state index in [1.807, 2.05) is 0 Å². The number of ether oxygens (including phenoxy) is 9. The van der Waals surface area contributed by atoms with Gasteiger partial charge in [-0.1, -0.05) is 0 Å². The monoisotopic (exact) mass is 894 g/mol. The van der Waals surface area contributed by atoms with Gasteiger partial charge >= 0.3 is 0 Å². The van der Waals surface area contributed by atoms with Crippen molar-refractivity contribution in [1.29, 1.82) is 0 Å². The van der Waals surface area contributed by atoms with E-state index in [-0.39, 0.29) is 0 Å². The molecule has 5 aliphatic heterocycles. The fraction of sp³-hybridized carbons (Fsp3) is 0.941. The lowest BCUT2D eigenvalue weighted by Crippen LogP contribution is -2.70. The molecular weight excluding hydrogens is 836 g/mol. The fourth-order valence-corrected chi connectivity index (χ4v) is 7.65. The zero-order chi connectivity index (χ0) is 45.2. The third-order valence-corrected chi connectivity index (χ3v) is 11.1. The second-order valence-electron chi connectivity index (χ2n) is 15.4. The Kier molecular flexibility index (Phi) is 17.5. The van der Waals surface area contributed by atoms with Crippen molar-refractivity contribution in [2.24, 2.45) is 0 Å². The van der Waals surface area contributed by atoms with Gasteiger partial charge in [0.15, 0.2) is 31.5 Å². The van der Waals surface area contributed by atoms with Crippen LogP contribution in [-0.2, 0) is 52.2 Å². The number of aliphatic hydroxyl groups excluding tert-OH is 14. The van der Waals surface area contributed by atoms with Gasteiger partial charge in [-0.25, -0.2) is 0 Å². The molecule has 61 heavy (non-hydrogen) atoms. The average Bonchev–Trinajstić information content (AvgIpc) is 3.21. The molecule has 0 aliphatic carbocycles. The maximum Gasteiger partial charge on any atom is 0.217 e.